The van der Waals surface area contributed by atoms with Crippen LogP contribution in [0.3, 0.4) is 0 Å². The van der Waals surface area contributed by atoms with Crippen LogP contribution in [0.25, 0.3) is 5.65 Å². The molecule has 1 fully saturated rings. The standard InChI is InChI=1S/C19H18F6N4O4/c1-9-5-10(18(20,21)22)8-29-15(9)27-7-12(16(29)31)28-14(30)6-11-13(3-2-4-26-11)33-17(32)19(23,24)25/h5,7-8,11,13,26H,2-4,6H2,1H3,(H,28,30)/t11-,13+/m1/s1. The summed E-state index contributed by atoms with van der Waals surface area (Å²) in [6.45, 7) is 1.70. The number of pyridine rings is 1. The van der Waals surface area contributed by atoms with Gasteiger partial charge in [0.1, 0.15) is 17.4 Å². The molecule has 0 saturated carbocycles. The van der Waals surface area contributed by atoms with E-state index in [1.54, 1.807) is 0 Å². The van der Waals surface area contributed by atoms with E-state index in [4.69, 9.17) is 0 Å². The molecular weight excluding hydrogens is 462 g/mol. The number of anilines is 1. The Morgan fingerprint density at radius 3 is 2.61 bits per heavy atom. The topological polar surface area (TPSA) is 102 Å². The van der Waals surface area contributed by atoms with Crippen molar-refractivity contribution in [2.45, 2.75) is 50.7 Å². The first-order valence-electron chi connectivity index (χ1n) is 9.67. The quantitative estimate of drug-likeness (QED) is 0.516. The molecule has 0 aromatic carbocycles. The lowest BCUT2D eigenvalue weighted by Gasteiger charge is -2.32. The van der Waals surface area contributed by atoms with Crippen molar-refractivity contribution in [2.75, 3.05) is 11.9 Å². The summed E-state index contributed by atoms with van der Waals surface area (Å²) in [5.41, 5.74) is -2.43. The van der Waals surface area contributed by atoms with Crippen LogP contribution in [0.5, 0.6) is 0 Å². The Balaban J connectivity index is 1.79. The Labute approximate surface area is 181 Å². The molecule has 8 nitrogen and oxygen atoms in total. The number of amides is 1. The lowest BCUT2D eigenvalue weighted by Crippen LogP contribution is -2.49. The van der Waals surface area contributed by atoms with E-state index in [2.05, 4.69) is 20.4 Å². The number of carbonyl (C=O) groups is 2. The Bertz CT molecular complexity index is 1130. The van der Waals surface area contributed by atoms with Gasteiger partial charge in [0.05, 0.1) is 17.8 Å². The first-order chi connectivity index (χ1) is 15.3. The Morgan fingerprint density at radius 2 is 1.97 bits per heavy atom. The molecule has 14 heteroatoms. The molecule has 3 rings (SSSR count). The van der Waals surface area contributed by atoms with Crippen LogP contribution >= 0.6 is 0 Å². The Morgan fingerprint density at radius 1 is 1.27 bits per heavy atom. The third kappa shape index (κ3) is 5.61. The summed E-state index contributed by atoms with van der Waals surface area (Å²) in [7, 11) is 0. The fraction of sp³-hybridized carbons (Fsp3) is 0.474. The summed E-state index contributed by atoms with van der Waals surface area (Å²) in [4.78, 5) is 40.1. The minimum absolute atomic E-state index is 0.0425. The third-order valence-electron chi connectivity index (χ3n) is 5.00. The molecule has 2 N–H and O–H groups in total. The van der Waals surface area contributed by atoms with Crippen LogP contribution in [0, 0.1) is 6.92 Å². The molecule has 2 atom stereocenters. The summed E-state index contributed by atoms with van der Waals surface area (Å²) >= 11 is 0. The van der Waals surface area contributed by atoms with E-state index < -0.39 is 59.6 Å². The molecule has 0 unspecified atom stereocenters. The van der Waals surface area contributed by atoms with Gasteiger partial charge in [0, 0.05) is 12.6 Å². The number of halogens is 6. The van der Waals surface area contributed by atoms with Crippen molar-refractivity contribution in [3.8, 4) is 0 Å². The number of aryl methyl sites for hydroxylation is 1. The van der Waals surface area contributed by atoms with Gasteiger partial charge in [0.15, 0.2) is 0 Å². The summed E-state index contributed by atoms with van der Waals surface area (Å²) < 4.78 is 81.8. The molecule has 180 valence electrons. The van der Waals surface area contributed by atoms with Gasteiger partial charge >= 0.3 is 18.3 Å². The number of aromatic nitrogens is 2. The van der Waals surface area contributed by atoms with Crippen molar-refractivity contribution >= 4 is 23.2 Å². The van der Waals surface area contributed by atoms with Gasteiger partial charge in [-0.1, -0.05) is 0 Å². The number of hydrogen-bond acceptors (Lipinski definition) is 6. The number of nitrogens with one attached hydrogen (secondary N) is 2. The first kappa shape index (κ1) is 24.5. The van der Waals surface area contributed by atoms with Gasteiger partial charge in [-0.15, -0.1) is 0 Å². The van der Waals surface area contributed by atoms with Gasteiger partial charge in [-0.05, 0) is 37.9 Å². The van der Waals surface area contributed by atoms with E-state index in [9.17, 15) is 40.7 Å². The minimum Gasteiger partial charge on any atom is -0.454 e. The molecule has 2 aromatic heterocycles. The predicted octanol–water partition coefficient (Wildman–Crippen LogP) is 2.58. The maximum atomic E-state index is 13.1. The van der Waals surface area contributed by atoms with Crippen LogP contribution in [-0.4, -0.2) is 46.1 Å². The number of nitrogens with zero attached hydrogens (tertiary/aromatic N) is 2. The van der Waals surface area contributed by atoms with Crippen LogP contribution in [-0.2, 0) is 20.5 Å². The molecule has 1 aliphatic heterocycles. The number of ether oxygens (including phenoxy) is 1. The van der Waals surface area contributed by atoms with Crippen LogP contribution in [0.2, 0.25) is 0 Å². The molecule has 1 saturated heterocycles. The van der Waals surface area contributed by atoms with Crippen LogP contribution in [0.15, 0.2) is 23.3 Å². The highest BCUT2D eigenvalue weighted by atomic mass is 19.4. The van der Waals surface area contributed by atoms with Crippen LogP contribution in [0.1, 0.15) is 30.4 Å². The zero-order valence-electron chi connectivity index (χ0n) is 17.0. The fourth-order valence-electron chi connectivity index (χ4n) is 3.47. The second-order valence-electron chi connectivity index (χ2n) is 7.48. The van der Waals surface area contributed by atoms with Crippen molar-refractivity contribution in [1.29, 1.82) is 0 Å². The highest BCUT2D eigenvalue weighted by molar-refractivity contribution is 5.91. The Hall–Kier alpha value is -3.16. The first-order valence-corrected chi connectivity index (χ1v) is 9.67. The van der Waals surface area contributed by atoms with Gasteiger partial charge in [-0.2, -0.15) is 26.3 Å². The van der Waals surface area contributed by atoms with Crippen molar-refractivity contribution in [3.05, 3.63) is 39.9 Å². The molecule has 1 aliphatic rings. The van der Waals surface area contributed by atoms with Gasteiger partial charge < -0.3 is 15.4 Å². The van der Waals surface area contributed by atoms with Crippen molar-refractivity contribution < 1.29 is 40.7 Å². The highest BCUT2D eigenvalue weighted by Crippen LogP contribution is 2.30. The van der Waals surface area contributed by atoms with Crippen molar-refractivity contribution in [2.24, 2.45) is 0 Å². The van der Waals surface area contributed by atoms with Gasteiger partial charge in [0.25, 0.3) is 5.56 Å². The van der Waals surface area contributed by atoms with E-state index >= 15 is 0 Å². The molecular formula is C19H18F6N4O4. The zero-order valence-corrected chi connectivity index (χ0v) is 17.0. The monoisotopic (exact) mass is 480 g/mol. The molecule has 1 amide bonds. The maximum absolute atomic E-state index is 13.1. The molecule has 0 aliphatic carbocycles. The second-order valence-corrected chi connectivity index (χ2v) is 7.48. The second kappa shape index (κ2) is 9.00. The molecule has 3 heterocycles. The summed E-state index contributed by atoms with van der Waals surface area (Å²) in [5, 5.41) is 5.00. The maximum Gasteiger partial charge on any atom is 0.490 e. The number of carbonyl (C=O) groups excluding carboxylic acids is 2. The molecule has 0 bridgehead atoms. The summed E-state index contributed by atoms with van der Waals surface area (Å²) in [5.74, 6) is -3.21. The number of rotatable bonds is 4. The molecule has 33 heavy (non-hydrogen) atoms. The van der Waals surface area contributed by atoms with E-state index in [1.165, 1.54) is 6.92 Å². The number of piperidine rings is 1. The van der Waals surface area contributed by atoms with E-state index in [1.807, 2.05) is 0 Å². The number of fused-ring (bicyclic) bond motifs is 1. The number of alkyl halides is 6. The van der Waals surface area contributed by atoms with E-state index in [0.29, 0.717) is 23.6 Å². The minimum atomic E-state index is -5.19. The van der Waals surface area contributed by atoms with Crippen molar-refractivity contribution in [1.82, 2.24) is 14.7 Å². The largest absolute Gasteiger partial charge is 0.490 e. The van der Waals surface area contributed by atoms with Gasteiger partial charge in [-0.3, -0.25) is 14.0 Å². The van der Waals surface area contributed by atoms with Gasteiger partial charge in [0.2, 0.25) is 5.91 Å². The predicted molar refractivity (Wildman–Crippen MR) is 101 cm³/mol. The van der Waals surface area contributed by atoms with Crippen LogP contribution in [0.4, 0.5) is 32.0 Å². The SMILES string of the molecule is Cc1cc(C(F)(F)F)cn2c(=O)c(NC(=O)C[C@H]3NCCC[C@@H]3OC(=O)C(F)(F)F)cnc12. The third-order valence-corrected chi connectivity index (χ3v) is 5.00. The normalized spacial score (nSPS) is 19.4. The smallest absolute Gasteiger partial charge is 0.454 e. The lowest BCUT2D eigenvalue weighted by atomic mass is 9.98. The molecule has 0 spiro atoms. The lowest BCUT2D eigenvalue weighted by molar-refractivity contribution is -0.207. The molecule has 0 radical (unpaired) electrons. The molecule has 2 aromatic rings. The summed E-state index contributed by atoms with van der Waals surface area (Å²) in [6, 6.07) is -0.128. The number of esters is 1. The van der Waals surface area contributed by atoms with E-state index in [-0.39, 0.29) is 17.6 Å². The number of hydrogen-bond donors (Lipinski definition) is 2. The average molecular weight is 480 g/mol. The van der Waals surface area contributed by atoms with E-state index in [0.717, 1.165) is 12.3 Å². The van der Waals surface area contributed by atoms with Crippen LogP contribution < -0.4 is 16.2 Å². The average Bonchev–Trinajstić information content (AvgIpc) is 2.70. The van der Waals surface area contributed by atoms with Crippen molar-refractivity contribution in [3.63, 3.8) is 0 Å². The van der Waals surface area contributed by atoms with Gasteiger partial charge in [-0.25, -0.2) is 9.78 Å². The fourth-order valence-corrected chi connectivity index (χ4v) is 3.47. The summed E-state index contributed by atoms with van der Waals surface area (Å²) in [6.07, 6.45) is -9.56. The Kier molecular flexibility index (Phi) is 6.68. The highest BCUT2D eigenvalue weighted by Gasteiger charge is 2.44. The zero-order chi connectivity index (χ0) is 24.6.